The number of nitrogens with one attached hydrogen (secondary N) is 1. The first-order chi connectivity index (χ1) is 11.7. The lowest BCUT2D eigenvalue weighted by Crippen LogP contribution is -2.45. The summed E-state index contributed by atoms with van der Waals surface area (Å²) < 4.78 is 0. The third kappa shape index (κ3) is 3.49. The maximum atomic E-state index is 12.5. The largest absolute Gasteiger partial charge is 0.392 e. The summed E-state index contributed by atoms with van der Waals surface area (Å²) in [5.41, 5.74) is 1.69. The summed E-state index contributed by atoms with van der Waals surface area (Å²) in [6.45, 7) is 0.910. The van der Waals surface area contributed by atoms with E-state index in [-0.39, 0.29) is 18.4 Å². The van der Waals surface area contributed by atoms with Gasteiger partial charge < -0.3 is 15.3 Å². The molecule has 1 aromatic heterocycles. The number of thiophene rings is 1. The minimum Gasteiger partial charge on any atom is -0.392 e. The van der Waals surface area contributed by atoms with Crippen LogP contribution in [-0.2, 0) is 17.9 Å². The Morgan fingerprint density at radius 1 is 1.21 bits per heavy atom. The molecule has 1 aliphatic heterocycles. The van der Waals surface area contributed by atoms with Gasteiger partial charge in [-0.2, -0.15) is 0 Å². The average Bonchev–Trinajstić information content (AvgIpc) is 3.30. The van der Waals surface area contributed by atoms with E-state index in [9.17, 15) is 14.7 Å². The first-order valence-corrected chi connectivity index (χ1v) is 8.88. The molecule has 6 heteroatoms. The van der Waals surface area contributed by atoms with Crippen LogP contribution in [-0.4, -0.2) is 34.4 Å². The summed E-state index contributed by atoms with van der Waals surface area (Å²) in [6.07, 6.45) is 1.52. The second kappa shape index (κ2) is 7.59. The second-order valence-corrected chi connectivity index (χ2v) is 6.73. The van der Waals surface area contributed by atoms with Crippen molar-refractivity contribution in [1.29, 1.82) is 0 Å². The van der Waals surface area contributed by atoms with Gasteiger partial charge in [0, 0.05) is 13.1 Å². The molecule has 24 heavy (non-hydrogen) atoms. The van der Waals surface area contributed by atoms with Crippen LogP contribution in [0.5, 0.6) is 0 Å². The van der Waals surface area contributed by atoms with Crippen LogP contribution in [0.25, 0.3) is 0 Å². The van der Waals surface area contributed by atoms with Gasteiger partial charge in [0.1, 0.15) is 6.04 Å². The zero-order chi connectivity index (χ0) is 16.9. The number of aliphatic hydroxyl groups excluding tert-OH is 1. The van der Waals surface area contributed by atoms with Gasteiger partial charge in [-0.25, -0.2) is 0 Å². The van der Waals surface area contributed by atoms with Crippen molar-refractivity contribution in [2.75, 3.05) is 6.54 Å². The molecule has 5 nitrogen and oxygen atoms in total. The lowest BCUT2D eigenvalue weighted by Gasteiger charge is -2.23. The molecule has 0 unspecified atom stereocenters. The van der Waals surface area contributed by atoms with Crippen molar-refractivity contribution in [3.05, 3.63) is 57.8 Å². The third-order valence-corrected chi connectivity index (χ3v) is 5.15. The van der Waals surface area contributed by atoms with Gasteiger partial charge in [-0.1, -0.05) is 30.3 Å². The van der Waals surface area contributed by atoms with Gasteiger partial charge in [-0.3, -0.25) is 9.59 Å². The number of rotatable bonds is 5. The normalized spacial score (nSPS) is 17.0. The Hall–Kier alpha value is -2.18. The van der Waals surface area contributed by atoms with Gasteiger partial charge in [0.2, 0.25) is 5.91 Å². The number of hydrogen-bond acceptors (Lipinski definition) is 4. The van der Waals surface area contributed by atoms with Crippen molar-refractivity contribution < 1.29 is 14.7 Å². The number of carbonyl (C=O) groups is 2. The molecular weight excluding hydrogens is 324 g/mol. The standard InChI is InChI=1S/C18H20N2O3S/c21-12-14-6-2-1-5-13(14)11-19-17(22)15-7-3-9-20(15)18(23)16-8-4-10-24-16/h1-2,4-6,8,10,15,21H,3,7,9,11-12H2,(H,19,22)/t15-/m0/s1. The molecule has 1 aromatic carbocycles. The van der Waals surface area contributed by atoms with Crippen molar-refractivity contribution in [2.24, 2.45) is 0 Å². The predicted molar refractivity (Wildman–Crippen MR) is 92.6 cm³/mol. The van der Waals surface area contributed by atoms with E-state index in [0.29, 0.717) is 24.4 Å². The fourth-order valence-corrected chi connectivity index (χ4v) is 3.69. The van der Waals surface area contributed by atoms with Gasteiger partial charge in [-0.15, -0.1) is 11.3 Å². The highest BCUT2D eigenvalue weighted by molar-refractivity contribution is 7.12. The quantitative estimate of drug-likeness (QED) is 0.873. The summed E-state index contributed by atoms with van der Waals surface area (Å²) in [6, 6.07) is 10.7. The lowest BCUT2D eigenvalue weighted by molar-refractivity contribution is -0.125. The fourth-order valence-electron chi connectivity index (χ4n) is 3.01. The number of likely N-dealkylation sites (tertiary alicyclic amines) is 1. The minimum absolute atomic E-state index is 0.0571. The zero-order valence-electron chi connectivity index (χ0n) is 13.3. The molecule has 0 aliphatic carbocycles. The predicted octanol–water partition coefficient (Wildman–Crippen LogP) is 2.16. The number of carbonyl (C=O) groups excluding carboxylic acids is 2. The minimum atomic E-state index is -0.416. The molecule has 2 N–H and O–H groups in total. The molecule has 1 atom stereocenters. The van der Waals surface area contributed by atoms with Gasteiger partial charge in [-0.05, 0) is 35.4 Å². The van der Waals surface area contributed by atoms with Gasteiger partial charge in [0.05, 0.1) is 11.5 Å². The maximum Gasteiger partial charge on any atom is 0.264 e. The Morgan fingerprint density at radius 3 is 2.71 bits per heavy atom. The van der Waals surface area contributed by atoms with Crippen molar-refractivity contribution in [2.45, 2.75) is 32.0 Å². The van der Waals surface area contributed by atoms with Gasteiger partial charge >= 0.3 is 0 Å². The highest BCUT2D eigenvalue weighted by Crippen LogP contribution is 2.22. The molecule has 3 rings (SSSR count). The van der Waals surface area contributed by atoms with Crippen LogP contribution in [0.4, 0.5) is 0 Å². The Morgan fingerprint density at radius 2 is 2.00 bits per heavy atom. The van der Waals surface area contributed by atoms with Crippen LogP contribution in [0.1, 0.15) is 33.6 Å². The highest BCUT2D eigenvalue weighted by Gasteiger charge is 2.34. The molecule has 1 fully saturated rings. The molecule has 0 bridgehead atoms. The number of benzene rings is 1. The summed E-state index contributed by atoms with van der Waals surface area (Å²) in [4.78, 5) is 27.4. The third-order valence-electron chi connectivity index (χ3n) is 4.29. The van der Waals surface area contributed by atoms with Crippen LogP contribution in [0.2, 0.25) is 0 Å². The van der Waals surface area contributed by atoms with Crippen molar-refractivity contribution in [3.8, 4) is 0 Å². The fraction of sp³-hybridized carbons (Fsp3) is 0.333. The van der Waals surface area contributed by atoms with Crippen LogP contribution in [0.15, 0.2) is 41.8 Å². The molecule has 126 valence electrons. The van der Waals surface area contributed by atoms with E-state index in [0.717, 1.165) is 17.5 Å². The molecule has 2 heterocycles. The Bertz CT molecular complexity index is 715. The molecule has 1 aliphatic rings. The number of hydrogen-bond donors (Lipinski definition) is 2. The Labute approximate surface area is 144 Å². The number of aliphatic hydroxyl groups is 1. The van der Waals surface area contributed by atoms with Crippen LogP contribution in [0.3, 0.4) is 0 Å². The smallest absolute Gasteiger partial charge is 0.264 e. The van der Waals surface area contributed by atoms with E-state index in [1.165, 1.54) is 11.3 Å². The molecular formula is C18H20N2O3S. The van der Waals surface area contributed by atoms with Crippen molar-refractivity contribution in [1.82, 2.24) is 10.2 Å². The molecule has 2 aromatic rings. The van der Waals surface area contributed by atoms with E-state index < -0.39 is 6.04 Å². The van der Waals surface area contributed by atoms with E-state index in [1.807, 2.05) is 35.7 Å². The Kier molecular flexibility index (Phi) is 5.27. The van der Waals surface area contributed by atoms with E-state index >= 15 is 0 Å². The molecule has 2 amide bonds. The molecule has 0 radical (unpaired) electrons. The first kappa shape index (κ1) is 16.7. The summed E-state index contributed by atoms with van der Waals surface area (Å²) in [7, 11) is 0. The van der Waals surface area contributed by atoms with Crippen molar-refractivity contribution >= 4 is 23.2 Å². The Balaban J connectivity index is 1.64. The monoisotopic (exact) mass is 344 g/mol. The van der Waals surface area contributed by atoms with Crippen LogP contribution >= 0.6 is 11.3 Å². The summed E-state index contributed by atoms with van der Waals surface area (Å²) in [5, 5.41) is 14.1. The highest BCUT2D eigenvalue weighted by atomic mass is 32.1. The van der Waals surface area contributed by atoms with Gasteiger partial charge in [0.15, 0.2) is 0 Å². The maximum absolute atomic E-state index is 12.5. The second-order valence-electron chi connectivity index (χ2n) is 5.78. The lowest BCUT2D eigenvalue weighted by atomic mass is 10.1. The van der Waals surface area contributed by atoms with Gasteiger partial charge in [0.25, 0.3) is 5.91 Å². The van der Waals surface area contributed by atoms with E-state index in [1.54, 1.807) is 11.0 Å². The summed E-state index contributed by atoms with van der Waals surface area (Å²) in [5.74, 6) is -0.205. The average molecular weight is 344 g/mol. The van der Waals surface area contributed by atoms with E-state index in [4.69, 9.17) is 0 Å². The number of amides is 2. The van der Waals surface area contributed by atoms with Crippen LogP contribution in [0, 0.1) is 0 Å². The topological polar surface area (TPSA) is 69.6 Å². The zero-order valence-corrected chi connectivity index (χ0v) is 14.1. The van der Waals surface area contributed by atoms with Crippen LogP contribution < -0.4 is 5.32 Å². The summed E-state index contributed by atoms with van der Waals surface area (Å²) >= 11 is 1.40. The first-order valence-electron chi connectivity index (χ1n) is 8.00. The molecule has 1 saturated heterocycles. The molecule has 0 saturated carbocycles. The number of nitrogens with zero attached hydrogens (tertiary/aromatic N) is 1. The molecule has 0 spiro atoms. The van der Waals surface area contributed by atoms with E-state index in [2.05, 4.69) is 5.32 Å². The van der Waals surface area contributed by atoms with Crippen molar-refractivity contribution in [3.63, 3.8) is 0 Å². The SMILES string of the molecule is O=C(NCc1ccccc1CO)[C@@H]1CCCN1C(=O)c1cccs1.